The van der Waals surface area contributed by atoms with Crippen LogP contribution in [0.2, 0.25) is 5.02 Å². The first-order valence-corrected chi connectivity index (χ1v) is 12.0. The fraction of sp³-hybridized carbons (Fsp3) is 0.280. The van der Waals surface area contributed by atoms with Gasteiger partial charge in [0.1, 0.15) is 12.4 Å². The van der Waals surface area contributed by atoms with Gasteiger partial charge >= 0.3 is 6.03 Å². The highest BCUT2D eigenvalue weighted by molar-refractivity contribution is 7.11. The molecule has 0 unspecified atom stereocenters. The van der Waals surface area contributed by atoms with Crippen LogP contribution in [0.3, 0.4) is 0 Å². The van der Waals surface area contributed by atoms with Gasteiger partial charge in [0.2, 0.25) is 5.91 Å². The van der Waals surface area contributed by atoms with Crippen LogP contribution in [0.4, 0.5) is 14.9 Å². The Bertz CT molecular complexity index is 1130. The van der Waals surface area contributed by atoms with E-state index < -0.39 is 0 Å². The van der Waals surface area contributed by atoms with E-state index in [0.29, 0.717) is 23.8 Å². The number of hydrogen-bond acceptors (Lipinski definition) is 3. The van der Waals surface area contributed by atoms with E-state index in [1.54, 1.807) is 57.5 Å². The summed E-state index contributed by atoms with van der Waals surface area (Å²) in [6.45, 7) is 2.77. The Hall–Kier alpha value is -2.90. The third-order valence-electron chi connectivity index (χ3n) is 5.41. The molecule has 1 N–H and O–H groups in total. The highest BCUT2D eigenvalue weighted by Gasteiger charge is 2.35. The minimum absolute atomic E-state index is 0.0252. The second-order valence-electron chi connectivity index (χ2n) is 8.19. The molecule has 1 aromatic heterocycles. The largest absolute Gasteiger partial charge is 0.332 e. The summed E-state index contributed by atoms with van der Waals surface area (Å²) in [4.78, 5) is 31.9. The number of hydrogen-bond donors (Lipinski definition) is 1. The van der Waals surface area contributed by atoms with E-state index in [1.165, 1.54) is 17.0 Å². The van der Waals surface area contributed by atoms with Crippen LogP contribution >= 0.6 is 22.9 Å². The third kappa shape index (κ3) is 6.55. The average molecular weight is 486 g/mol. The first-order valence-electron chi connectivity index (χ1n) is 10.8. The number of carbonyl (C=O) groups excluding carboxylic acids is 2. The lowest BCUT2D eigenvalue weighted by Gasteiger charge is -2.28. The minimum Gasteiger partial charge on any atom is -0.332 e. The number of nitrogens with zero attached hydrogens (tertiary/aromatic N) is 2. The van der Waals surface area contributed by atoms with Gasteiger partial charge in [-0.1, -0.05) is 29.8 Å². The smallest absolute Gasteiger partial charge is 0.322 e. The summed E-state index contributed by atoms with van der Waals surface area (Å²) in [5, 5.41) is 3.38. The summed E-state index contributed by atoms with van der Waals surface area (Å²) in [7, 11) is 0. The summed E-state index contributed by atoms with van der Waals surface area (Å²) in [6.07, 6.45) is 1.75. The first kappa shape index (κ1) is 23.3. The van der Waals surface area contributed by atoms with E-state index >= 15 is 0 Å². The molecule has 0 spiro atoms. The maximum absolute atomic E-state index is 13.4. The van der Waals surface area contributed by atoms with Gasteiger partial charge in [-0.2, -0.15) is 0 Å². The number of halogens is 2. The lowest BCUT2D eigenvalue weighted by atomic mass is 10.2. The molecule has 5 nitrogen and oxygen atoms in total. The fourth-order valence-corrected chi connectivity index (χ4v) is 4.66. The molecule has 0 atom stereocenters. The van der Waals surface area contributed by atoms with E-state index in [0.717, 1.165) is 23.3 Å². The Balaban J connectivity index is 1.49. The maximum Gasteiger partial charge on any atom is 0.322 e. The quantitative estimate of drug-likeness (QED) is 0.420. The van der Waals surface area contributed by atoms with Crippen LogP contribution < -0.4 is 5.32 Å². The van der Waals surface area contributed by atoms with Gasteiger partial charge in [-0.25, -0.2) is 9.18 Å². The van der Waals surface area contributed by atoms with Gasteiger partial charge in [-0.3, -0.25) is 4.79 Å². The van der Waals surface area contributed by atoms with Crippen molar-refractivity contribution < 1.29 is 14.0 Å². The van der Waals surface area contributed by atoms with Crippen LogP contribution in [-0.2, 0) is 17.9 Å². The molecule has 3 amide bonds. The SMILES string of the molecule is Cc1ccc(CN(Cc2ccc(F)cc2)C(=O)CN(C(=O)Nc2cccc(Cl)c2)C2CC2)s1. The van der Waals surface area contributed by atoms with Crippen molar-refractivity contribution in [3.05, 3.63) is 86.8 Å². The van der Waals surface area contributed by atoms with Crippen LogP contribution in [0.25, 0.3) is 0 Å². The number of rotatable bonds is 8. The Morgan fingerprint density at radius 3 is 2.48 bits per heavy atom. The topological polar surface area (TPSA) is 52.7 Å². The molecule has 1 aliphatic carbocycles. The molecule has 0 saturated heterocycles. The summed E-state index contributed by atoms with van der Waals surface area (Å²) in [5.41, 5.74) is 1.42. The minimum atomic E-state index is -0.318. The Kier molecular flexibility index (Phi) is 7.30. The highest BCUT2D eigenvalue weighted by atomic mass is 35.5. The van der Waals surface area contributed by atoms with Gasteiger partial charge in [-0.05, 0) is 67.8 Å². The standard InChI is InChI=1S/C25H25ClFN3O2S/c1-17-5-12-23(33-17)15-29(14-18-6-8-20(27)9-7-18)24(31)16-30(22-10-11-22)25(32)28-21-4-2-3-19(26)13-21/h2-9,12-13,22H,10-11,14-16H2,1H3,(H,28,32). The van der Waals surface area contributed by atoms with Gasteiger partial charge in [0.25, 0.3) is 0 Å². The van der Waals surface area contributed by atoms with Crippen LogP contribution in [0, 0.1) is 12.7 Å². The highest BCUT2D eigenvalue weighted by Crippen LogP contribution is 2.28. The molecule has 8 heteroatoms. The van der Waals surface area contributed by atoms with Crippen molar-refractivity contribution >= 4 is 40.6 Å². The first-order chi connectivity index (χ1) is 15.9. The number of thiophene rings is 1. The van der Waals surface area contributed by atoms with Crippen molar-refractivity contribution in [2.75, 3.05) is 11.9 Å². The van der Waals surface area contributed by atoms with Crippen molar-refractivity contribution in [3.63, 3.8) is 0 Å². The molecule has 1 saturated carbocycles. The van der Waals surface area contributed by atoms with Gasteiger partial charge in [0.05, 0.1) is 6.54 Å². The van der Waals surface area contributed by atoms with Gasteiger partial charge in [-0.15, -0.1) is 11.3 Å². The van der Waals surface area contributed by atoms with Crippen LogP contribution in [-0.4, -0.2) is 34.3 Å². The molecule has 1 aliphatic rings. The molecule has 3 aromatic rings. The van der Waals surface area contributed by atoms with E-state index in [4.69, 9.17) is 11.6 Å². The van der Waals surface area contributed by atoms with E-state index in [-0.39, 0.29) is 30.3 Å². The molecule has 2 aromatic carbocycles. The summed E-state index contributed by atoms with van der Waals surface area (Å²) in [5.74, 6) is -0.471. The lowest BCUT2D eigenvalue weighted by molar-refractivity contribution is -0.133. The molecule has 4 rings (SSSR count). The van der Waals surface area contributed by atoms with Gasteiger partial charge in [0, 0.05) is 33.1 Å². The Morgan fingerprint density at radius 1 is 1.09 bits per heavy atom. The van der Waals surface area contributed by atoms with Gasteiger partial charge < -0.3 is 15.1 Å². The molecule has 1 heterocycles. The fourth-order valence-electron chi connectivity index (χ4n) is 3.56. The molecule has 33 heavy (non-hydrogen) atoms. The summed E-state index contributed by atoms with van der Waals surface area (Å²) >= 11 is 7.66. The second kappa shape index (κ2) is 10.4. The molecular formula is C25H25ClFN3O2S. The summed E-state index contributed by atoms with van der Waals surface area (Å²) < 4.78 is 13.4. The van der Waals surface area contributed by atoms with Crippen molar-refractivity contribution in [2.45, 2.75) is 38.9 Å². The average Bonchev–Trinajstić information content (AvgIpc) is 3.54. The number of nitrogens with one attached hydrogen (secondary N) is 1. The van der Waals surface area contributed by atoms with E-state index in [2.05, 4.69) is 5.32 Å². The zero-order valence-corrected chi connectivity index (χ0v) is 19.8. The van der Waals surface area contributed by atoms with Gasteiger partial charge in [0.15, 0.2) is 0 Å². The predicted octanol–water partition coefficient (Wildman–Crippen LogP) is 6.07. The number of carbonyl (C=O) groups is 2. The van der Waals surface area contributed by atoms with E-state index in [1.807, 2.05) is 19.1 Å². The van der Waals surface area contributed by atoms with Crippen LogP contribution in [0.1, 0.15) is 28.2 Å². The second-order valence-corrected chi connectivity index (χ2v) is 10.00. The molecule has 0 bridgehead atoms. The van der Waals surface area contributed by atoms with E-state index in [9.17, 15) is 14.0 Å². The number of benzene rings is 2. The third-order valence-corrected chi connectivity index (χ3v) is 6.63. The van der Waals surface area contributed by atoms with Crippen molar-refractivity contribution in [2.24, 2.45) is 0 Å². The van der Waals surface area contributed by atoms with Crippen molar-refractivity contribution in [1.82, 2.24) is 9.80 Å². The molecule has 0 radical (unpaired) electrons. The zero-order valence-electron chi connectivity index (χ0n) is 18.3. The van der Waals surface area contributed by atoms with Crippen molar-refractivity contribution in [3.8, 4) is 0 Å². The predicted molar refractivity (Wildman–Crippen MR) is 130 cm³/mol. The number of urea groups is 1. The Morgan fingerprint density at radius 2 is 1.85 bits per heavy atom. The molecule has 0 aliphatic heterocycles. The summed E-state index contributed by atoms with van der Waals surface area (Å²) in [6, 6.07) is 16.8. The van der Waals surface area contributed by atoms with Crippen LogP contribution in [0.15, 0.2) is 60.7 Å². The lowest BCUT2D eigenvalue weighted by Crippen LogP contribution is -2.45. The monoisotopic (exact) mass is 485 g/mol. The van der Waals surface area contributed by atoms with Crippen LogP contribution in [0.5, 0.6) is 0 Å². The number of anilines is 1. The zero-order chi connectivity index (χ0) is 23.4. The normalized spacial score (nSPS) is 12.9. The number of aryl methyl sites for hydroxylation is 1. The number of amides is 3. The maximum atomic E-state index is 13.4. The van der Waals surface area contributed by atoms with Crippen molar-refractivity contribution in [1.29, 1.82) is 0 Å². The molecule has 172 valence electrons. The molecule has 1 fully saturated rings. The Labute approximate surface area is 201 Å². The molecular weight excluding hydrogens is 461 g/mol.